The molecule has 8 heteroatoms. The maximum absolute atomic E-state index is 11.4. The predicted molar refractivity (Wildman–Crippen MR) is 103 cm³/mol. The molecular weight excluding hydrogens is 368 g/mol. The molecule has 0 saturated carbocycles. The number of carbonyl (C=O) groups excluding carboxylic acids is 1. The predicted octanol–water partition coefficient (Wildman–Crippen LogP) is 2.18. The first-order valence-corrected chi connectivity index (χ1v) is 9.31. The van der Waals surface area contributed by atoms with Crippen molar-refractivity contribution in [2.45, 2.75) is 26.4 Å². The lowest BCUT2D eigenvalue weighted by Gasteiger charge is -2.19. The van der Waals surface area contributed by atoms with Crippen molar-refractivity contribution in [1.82, 2.24) is 0 Å². The van der Waals surface area contributed by atoms with Crippen molar-refractivity contribution in [3.8, 4) is 11.5 Å². The van der Waals surface area contributed by atoms with Crippen molar-refractivity contribution < 1.29 is 38.3 Å². The zero-order valence-corrected chi connectivity index (χ0v) is 17.0. The van der Waals surface area contributed by atoms with Crippen LogP contribution in [0.5, 0.6) is 11.5 Å². The molecule has 28 heavy (non-hydrogen) atoms. The van der Waals surface area contributed by atoms with Crippen molar-refractivity contribution in [3.05, 3.63) is 24.3 Å². The third kappa shape index (κ3) is 14.2. The van der Waals surface area contributed by atoms with Crippen molar-refractivity contribution in [3.63, 3.8) is 0 Å². The summed E-state index contributed by atoms with van der Waals surface area (Å²) in [6.07, 6.45) is 0. The molecule has 0 aliphatic carbocycles. The summed E-state index contributed by atoms with van der Waals surface area (Å²) in [5.74, 6) is 0.388. The Morgan fingerprint density at radius 2 is 1.39 bits per heavy atom. The smallest absolute Gasteiger partial charge is 0.332 e. The molecule has 1 aromatic rings. The Balaban J connectivity index is 1.80. The molecule has 1 aromatic carbocycles. The van der Waals surface area contributed by atoms with Gasteiger partial charge in [-0.05, 0) is 32.9 Å². The van der Waals surface area contributed by atoms with Gasteiger partial charge in [-0.1, -0.05) is 6.07 Å². The minimum absolute atomic E-state index is 0.0797. The van der Waals surface area contributed by atoms with Gasteiger partial charge in [-0.25, -0.2) is 4.79 Å². The fourth-order valence-corrected chi connectivity index (χ4v) is 1.98. The van der Waals surface area contributed by atoms with Gasteiger partial charge in [-0.3, -0.25) is 0 Å². The Kier molecular flexibility index (Phi) is 12.2. The van der Waals surface area contributed by atoms with Crippen LogP contribution in [0.1, 0.15) is 20.8 Å². The first kappa shape index (κ1) is 24.2. The number of phenolic OH excluding ortho intramolecular Hbond substituents is 1. The SMILES string of the molecule is CC(C)(C)OC(=O)COCCOCCOCCOCCOc1cccc(O)c1. The summed E-state index contributed by atoms with van der Waals surface area (Å²) < 4.78 is 31.8. The Labute approximate surface area is 166 Å². The Morgan fingerprint density at radius 1 is 0.857 bits per heavy atom. The largest absolute Gasteiger partial charge is 0.508 e. The van der Waals surface area contributed by atoms with E-state index in [4.69, 9.17) is 28.4 Å². The number of esters is 1. The second-order valence-corrected chi connectivity index (χ2v) is 6.82. The summed E-state index contributed by atoms with van der Waals surface area (Å²) in [5.41, 5.74) is -0.503. The quantitative estimate of drug-likeness (QED) is 0.354. The molecule has 1 rings (SSSR count). The highest BCUT2D eigenvalue weighted by atomic mass is 16.6. The molecule has 0 saturated heterocycles. The zero-order valence-electron chi connectivity index (χ0n) is 17.0. The second kappa shape index (κ2) is 14.2. The van der Waals surface area contributed by atoms with Gasteiger partial charge in [0.2, 0.25) is 0 Å². The zero-order chi connectivity index (χ0) is 20.7. The molecule has 0 aromatic heterocycles. The standard InChI is InChI=1S/C20H32O8/c1-20(2,3)28-19(22)16-26-12-11-24-8-7-23-9-10-25-13-14-27-18-6-4-5-17(21)15-18/h4-6,15,21H,7-14,16H2,1-3H3. The van der Waals surface area contributed by atoms with Crippen LogP contribution in [0.25, 0.3) is 0 Å². The first-order valence-electron chi connectivity index (χ1n) is 9.31. The van der Waals surface area contributed by atoms with Crippen molar-refractivity contribution in [1.29, 1.82) is 0 Å². The lowest BCUT2D eigenvalue weighted by Crippen LogP contribution is -2.27. The Morgan fingerprint density at radius 3 is 1.93 bits per heavy atom. The maximum atomic E-state index is 11.4. The van der Waals surface area contributed by atoms with Crippen LogP contribution in [0.3, 0.4) is 0 Å². The minimum atomic E-state index is -0.503. The summed E-state index contributed by atoms with van der Waals surface area (Å²) in [6.45, 7) is 8.71. The van der Waals surface area contributed by atoms with E-state index in [1.807, 2.05) is 20.8 Å². The van der Waals surface area contributed by atoms with E-state index in [2.05, 4.69) is 0 Å². The average molecular weight is 400 g/mol. The molecule has 0 bridgehead atoms. The molecule has 0 radical (unpaired) electrons. The summed E-state index contributed by atoms with van der Waals surface area (Å²) in [4.78, 5) is 11.4. The monoisotopic (exact) mass is 400 g/mol. The minimum Gasteiger partial charge on any atom is -0.508 e. The van der Waals surface area contributed by atoms with E-state index < -0.39 is 5.60 Å². The van der Waals surface area contributed by atoms with Gasteiger partial charge in [0.1, 0.15) is 30.3 Å². The van der Waals surface area contributed by atoms with Crippen LogP contribution in [0.15, 0.2) is 24.3 Å². The molecule has 8 nitrogen and oxygen atoms in total. The first-order chi connectivity index (χ1) is 13.4. The molecule has 0 aliphatic heterocycles. The van der Waals surface area contributed by atoms with Crippen molar-refractivity contribution in [2.24, 2.45) is 0 Å². The van der Waals surface area contributed by atoms with E-state index in [9.17, 15) is 9.90 Å². The third-order valence-corrected chi connectivity index (χ3v) is 3.07. The number of hydrogen-bond acceptors (Lipinski definition) is 8. The molecule has 0 heterocycles. The fourth-order valence-electron chi connectivity index (χ4n) is 1.98. The van der Waals surface area contributed by atoms with Gasteiger partial charge in [0.05, 0.1) is 46.2 Å². The van der Waals surface area contributed by atoms with Crippen LogP contribution in [-0.2, 0) is 28.5 Å². The van der Waals surface area contributed by atoms with E-state index in [1.54, 1.807) is 24.3 Å². The second-order valence-electron chi connectivity index (χ2n) is 6.82. The van der Waals surface area contributed by atoms with Gasteiger partial charge in [0.15, 0.2) is 0 Å². The molecular formula is C20H32O8. The number of phenols is 1. The van der Waals surface area contributed by atoms with E-state index in [-0.39, 0.29) is 18.3 Å². The van der Waals surface area contributed by atoms with Gasteiger partial charge in [0, 0.05) is 6.07 Å². The van der Waals surface area contributed by atoms with Gasteiger partial charge < -0.3 is 33.5 Å². The number of aromatic hydroxyl groups is 1. The highest BCUT2D eigenvalue weighted by Crippen LogP contribution is 2.17. The number of hydrogen-bond donors (Lipinski definition) is 1. The summed E-state index contributed by atoms with van der Waals surface area (Å²) in [5, 5.41) is 9.31. The normalized spacial score (nSPS) is 11.4. The third-order valence-electron chi connectivity index (χ3n) is 3.07. The van der Waals surface area contributed by atoms with Crippen LogP contribution in [0, 0.1) is 0 Å². The van der Waals surface area contributed by atoms with E-state index in [1.165, 1.54) is 0 Å². The van der Waals surface area contributed by atoms with Crippen molar-refractivity contribution >= 4 is 5.97 Å². The van der Waals surface area contributed by atoms with Gasteiger partial charge in [0.25, 0.3) is 0 Å². The molecule has 1 N–H and O–H groups in total. The number of benzene rings is 1. The van der Waals surface area contributed by atoms with Crippen LogP contribution in [-0.4, -0.2) is 76.1 Å². The summed E-state index contributed by atoms with van der Waals surface area (Å²) >= 11 is 0. The topological polar surface area (TPSA) is 92.7 Å². The maximum Gasteiger partial charge on any atom is 0.332 e. The van der Waals surface area contributed by atoms with Crippen LogP contribution in [0.4, 0.5) is 0 Å². The highest BCUT2D eigenvalue weighted by Gasteiger charge is 2.15. The van der Waals surface area contributed by atoms with E-state index >= 15 is 0 Å². The molecule has 0 atom stereocenters. The van der Waals surface area contributed by atoms with Gasteiger partial charge in [-0.2, -0.15) is 0 Å². The highest BCUT2D eigenvalue weighted by molar-refractivity contribution is 5.71. The van der Waals surface area contributed by atoms with Crippen LogP contribution in [0.2, 0.25) is 0 Å². The summed E-state index contributed by atoms with van der Waals surface area (Å²) in [7, 11) is 0. The van der Waals surface area contributed by atoms with Crippen LogP contribution >= 0.6 is 0 Å². The number of carbonyl (C=O) groups is 1. The average Bonchev–Trinajstić information content (AvgIpc) is 2.60. The van der Waals surface area contributed by atoms with Crippen molar-refractivity contribution in [2.75, 3.05) is 59.5 Å². The molecule has 0 fully saturated rings. The van der Waals surface area contributed by atoms with Crippen LogP contribution < -0.4 is 4.74 Å². The van der Waals surface area contributed by atoms with Gasteiger partial charge >= 0.3 is 5.97 Å². The lowest BCUT2D eigenvalue weighted by atomic mass is 10.2. The molecule has 0 amide bonds. The molecule has 160 valence electrons. The lowest BCUT2D eigenvalue weighted by molar-refractivity contribution is -0.160. The molecule has 0 spiro atoms. The Bertz CT molecular complexity index is 541. The van der Waals surface area contributed by atoms with E-state index in [0.717, 1.165) is 0 Å². The summed E-state index contributed by atoms with van der Waals surface area (Å²) in [6, 6.07) is 6.62. The van der Waals surface area contributed by atoms with E-state index in [0.29, 0.717) is 58.6 Å². The fraction of sp³-hybridized carbons (Fsp3) is 0.650. The molecule has 0 aliphatic rings. The number of ether oxygens (including phenoxy) is 6. The molecule has 0 unspecified atom stereocenters. The Hall–Kier alpha value is -1.87. The number of rotatable bonds is 15. The van der Waals surface area contributed by atoms with Gasteiger partial charge in [-0.15, -0.1) is 0 Å².